The van der Waals surface area contributed by atoms with Crippen LogP contribution >= 0.6 is 0 Å². The molecule has 1 saturated heterocycles. The van der Waals surface area contributed by atoms with Crippen molar-refractivity contribution in [1.29, 1.82) is 0 Å². The van der Waals surface area contributed by atoms with Gasteiger partial charge in [-0.05, 0) is 18.2 Å². The van der Waals surface area contributed by atoms with Crippen molar-refractivity contribution in [3.8, 4) is 0 Å². The number of guanidine groups is 1. The molecule has 2 aromatic rings. The molecule has 9 heteroatoms. The maximum atomic E-state index is 12.5. The summed E-state index contributed by atoms with van der Waals surface area (Å²) in [6.45, 7) is 5.09. The number of piperazine rings is 1. The summed E-state index contributed by atoms with van der Waals surface area (Å²) < 4.78 is 2.10. The number of carbonyl (C=O) groups is 1. The fourth-order valence-corrected chi connectivity index (χ4v) is 3.10. The van der Waals surface area contributed by atoms with Crippen LogP contribution in [0.15, 0.2) is 48.0 Å². The van der Waals surface area contributed by atoms with E-state index in [2.05, 4.69) is 35.1 Å². The molecule has 1 fully saturated rings. The molecule has 1 aliphatic rings. The largest absolute Gasteiger partial charge is 0.356 e. The Labute approximate surface area is 165 Å². The first-order valence-corrected chi connectivity index (χ1v) is 9.61. The summed E-state index contributed by atoms with van der Waals surface area (Å²) in [7, 11) is 1.73. The zero-order chi connectivity index (χ0) is 19.6. The van der Waals surface area contributed by atoms with E-state index >= 15 is 0 Å². The number of aliphatic imine (C=N–C) groups is 1. The van der Waals surface area contributed by atoms with Gasteiger partial charge in [-0.15, -0.1) is 0 Å². The topological polar surface area (TPSA) is 90.7 Å². The fraction of sp³-hybridized carbons (Fsp3) is 0.474. The van der Waals surface area contributed by atoms with Gasteiger partial charge in [0.05, 0.1) is 0 Å². The zero-order valence-electron chi connectivity index (χ0n) is 16.3. The number of amides is 1. The Balaban J connectivity index is 1.32. The Bertz CT molecular complexity index is 739. The summed E-state index contributed by atoms with van der Waals surface area (Å²) >= 11 is 0. The van der Waals surface area contributed by atoms with E-state index < -0.39 is 0 Å². The minimum absolute atomic E-state index is 0.156. The van der Waals surface area contributed by atoms with E-state index in [1.54, 1.807) is 25.5 Å². The average Bonchev–Trinajstić information content (AvgIpc) is 3.27. The molecule has 150 valence electrons. The molecule has 2 aromatic heterocycles. The molecule has 1 amide bonds. The van der Waals surface area contributed by atoms with Crippen LogP contribution < -0.4 is 15.5 Å². The predicted octanol–water partition coefficient (Wildman–Crippen LogP) is 0.182. The molecule has 0 atom stereocenters. The maximum absolute atomic E-state index is 12.5. The van der Waals surface area contributed by atoms with Gasteiger partial charge in [0.15, 0.2) is 5.96 Å². The molecule has 3 heterocycles. The average molecular weight is 384 g/mol. The highest BCUT2D eigenvalue weighted by Gasteiger charge is 2.22. The van der Waals surface area contributed by atoms with Gasteiger partial charge in [0.1, 0.15) is 0 Å². The molecule has 3 rings (SSSR count). The molecule has 0 saturated carbocycles. The van der Waals surface area contributed by atoms with E-state index in [1.807, 2.05) is 29.4 Å². The van der Waals surface area contributed by atoms with Gasteiger partial charge in [0.25, 0.3) is 0 Å². The van der Waals surface area contributed by atoms with Crippen LogP contribution in [0.25, 0.3) is 0 Å². The number of nitrogens with zero attached hydrogens (tertiary/aromatic N) is 6. The molecular formula is C19H28N8O. The van der Waals surface area contributed by atoms with Crippen molar-refractivity contribution in [3.63, 3.8) is 0 Å². The van der Waals surface area contributed by atoms with Gasteiger partial charge < -0.3 is 25.0 Å². The van der Waals surface area contributed by atoms with E-state index in [-0.39, 0.29) is 5.91 Å². The van der Waals surface area contributed by atoms with Crippen molar-refractivity contribution in [2.75, 3.05) is 51.2 Å². The van der Waals surface area contributed by atoms with Gasteiger partial charge >= 0.3 is 0 Å². The first kappa shape index (κ1) is 19.7. The summed E-state index contributed by atoms with van der Waals surface area (Å²) in [6, 6.07) is 5.82. The van der Waals surface area contributed by atoms with Crippen LogP contribution in [0.5, 0.6) is 0 Å². The molecule has 1 aliphatic heterocycles. The molecule has 0 radical (unpaired) electrons. The van der Waals surface area contributed by atoms with E-state index in [0.717, 1.165) is 32.1 Å². The minimum Gasteiger partial charge on any atom is -0.356 e. The van der Waals surface area contributed by atoms with Crippen LogP contribution in [0, 0.1) is 0 Å². The molecule has 28 heavy (non-hydrogen) atoms. The normalized spacial score (nSPS) is 14.8. The van der Waals surface area contributed by atoms with Gasteiger partial charge in [-0.2, -0.15) is 0 Å². The third-order valence-electron chi connectivity index (χ3n) is 4.65. The lowest BCUT2D eigenvalue weighted by Crippen LogP contribution is -2.50. The minimum atomic E-state index is 0.156. The predicted molar refractivity (Wildman–Crippen MR) is 109 cm³/mol. The molecule has 0 bridgehead atoms. The number of rotatable bonds is 7. The standard InChI is InChI=1S/C19H28N8O/c1-20-18(22-9-12-25-10-2-3-11-25)21-8-5-17(28)26-13-15-27(16-14-26)19-23-6-4-7-24-19/h2-4,6-7,10-11H,5,8-9,12-16H2,1H3,(H2,20,21,22). The van der Waals surface area contributed by atoms with Crippen LogP contribution in [0.1, 0.15) is 6.42 Å². The van der Waals surface area contributed by atoms with Crippen molar-refractivity contribution in [1.82, 2.24) is 30.1 Å². The number of hydrogen-bond acceptors (Lipinski definition) is 5. The van der Waals surface area contributed by atoms with Gasteiger partial charge in [0, 0.05) is 84.1 Å². The monoisotopic (exact) mass is 384 g/mol. The number of anilines is 1. The summed E-state index contributed by atoms with van der Waals surface area (Å²) in [5.74, 6) is 1.60. The van der Waals surface area contributed by atoms with Crippen molar-refractivity contribution >= 4 is 17.8 Å². The van der Waals surface area contributed by atoms with Crippen LogP contribution in [0.3, 0.4) is 0 Å². The molecule has 9 nitrogen and oxygen atoms in total. The SMILES string of the molecule is CN=C(NCCC(=O)N1CCN(c2ncccn2)CC1)NCCn1cccc1. The van der Waals surface area contributed by atoms with E-state index in [4.69, 9.17) is 0 Å². The summed E-state index contributed by atoms with van der Waals surface area (Å²) in [4.78, 5) is 29.2. The van der Waals surface area contributed by atoms with Crippen LogP contribution in [-0.2, 0) is 11.3 Å². The van der Waals surface area contributed by atoms with Crippen molar-refractivity contribution in [2.45, 2.75) is 13.0 Å². The first-order valence-electron chi connectivity index (χ1n) is 9.61. The lowest BCUT2D eigenvalue weighted by atomic mass is 10.3. The summed E-state index contributed by atoms with van der Waals surface area (Å²) in [6.07, 6.45) is 7.98. The number of nitrogens with one attached hydrogen (secondary N) is 2. The summed E-state index contributed by atoms with van der Waals surface area (Å²) in [5, 5.41) is 6.46. The number of carbonyl (C=O) groups excluding carboxylic acids is 1. The highest BCUT2D eigenvalue weighted by molar-refractivity contribution is 5.81. The highest BCUT2D eigenvalue weighted by Crippen LogP contribution is 2.10. The Morgan fingerprint density at radius 3 is 2.39 bits per heavy atom. The van der Waals surface area contributed by atoms with Gasteiger partial charge in [0.2, 0.25) is 11.9 Å². The molecular weight excluding hydrogens is 356 g/mol. The van der Waals surface area contributed by atoms with Gasteiger partial charge in [-0.3, -0.25) is 9.79 Å². The second-order valence-electron chi connectivity index (χ2n) is 6.51. The van der Waals surface area contributed by atoms with Gasteiger partial charge in [-0.25, -0.2) is 9.97 Å². The van der Waals surface area contributed by atoms with Crippen molar-refractivity contribution in [3.05, 3.63) is 43.0 Å². The number of hydrogen-bond donors (Lipinski definition) is 2. The van der Waals surface area contributed by atoms with Crippen molar-refractivity contribution < 1.29 is 4.79 Å². The highest BCUT2D eigenvalue weighted by atomic mass is 16.2. The Kier molecular flexibility index (Phi) is 7.22. The molecule has 0 aliphatic carbocycles. The Morgan fingerprint density at radius 1 is 1.04 bits per heavy atom. The van der Waals surface area contributed by atoms with E-state index in [1.165, 1.54) is 0 Å². The van der Waals surface area contributed by atoms with Crippen LogP contribution in [0.2, 0.25) is 0 Å². The fourth-order valence-electron chi connectivity index (χ4n) is 3.10. The van der Waals surface area contributed by atoms with Crippen LogP contribution in [-0.4, -0.2) is 77.6 Å². The maximum Gasteiger partial charge on any atom is 0.225 e. The smallest absolute Gasteiger partial charge is 0.225 e. The zero-order valence-corrected chi connectivity index (χ0v) is 16.3. The van der Waals surface area contributed by atoms with Crippen molar-refractivity contribution in [2.24, 2.45) is 4.99 Å². The quantitative estimate of drug-likeness (QED) is 0.523. The third kappa shape index (κ3) is 5.70. The lowest BCUT2D eigenvalue weighted by Gasteiger charge is -2.34. The lowest BCUT2D eigenvalue weighted by molar-refractivity contribution is -0.131. The van der Waals surface area contributed by atoms with E-state index in [0.29, 0.717) is 32.0 Å². The second kappa shape index (κ2) is 10.3. The third-order valence-corrected chi connectivity index (χ3v) is 4.65. The Hall–Kier alpha value is -3.10. The van der Waals surface area contributed by atoms with E-state index in [9.17, 15) is 4.79 Å². The second-order valence-corrected chi connectivity index (χ2v) is 6.51. The Morgan fingerprint density at radius 2 is 1.71 bits per heavy atom. The number of aromatic nitrogens is 3. The van der Waals surface area contributed by atoms with Crippen LogP contribution in [0.4, 0.5) is 5.95 Å². The summed E-state index contributed by atoms with van der Waals surface area (Å²) in [5.41, 5.74) is 0. The first-order chi connectivity index (χ1) is 13.8. The molecule has 0 unspecified atom stereocenters. The molecule has 2 N–H and O–H groups in total. The molecule has 0 spiro atoms. The molecule has 0 aromatic carbocycles. The van der Waals surface area contributed by atoms with Gasteiger partial charge in [-0.1, -0.05) is 0 Å².